The lowest BCUT2D eigenvalue weighted by Gasteiger charge is -1.95. The zero-order valence-corrected chi connectivity index (χ0v) is 5.38. The maximum Gasteiger partial charge on any atom is 0.335 e. The van der Waals surface area contributed by atoms with E-state index < -0.39 is 5.97 Å². The highest BCUT2D eigenvalue weighted by atomic mass is 16.5. The fourth-order valence-electron chi connectivity index (χ4n) is 0.234. The fraction of sp³-hybridized carbons (Fsp3) is 0.400. The van der Waals surface area contributed by atoms with Gasteiger partial charge in [-0.05, 0) is 0 Å². The molecule has 0 spiro atoms. The van der Waals surface area contributed by atoms with Gasteiger partial charge in [-0.15, -0.1) is 0 Å². The van der Waals surface area contributed by atoms with E-state index >= 15 is 0 Å². The third-order valence-electron chi connectivity index (χ3n) is 0.697. The van der Waals surface area contributed by atoms with E-state index in [0.29, 0.717) is 0 Å². The molecule has 2 N–H and O–H groups in total. The van der Waals surface area contributed by atoms with Gasteiger partial charge in [0.25, 0.3) is 0 Å². The quantitative estimate of drug-likeness (QED) is 0.315. The lowest BCUT2D eigenvalue weighted by Crippen LogP contribution is -2.04. The maximum absolute atomic E-state index is 10.3. The van der Waals surface area contributed by atoms with Crippen LogP contribution in [-0.2, 0) is 14.3 Å². The highest BCUT2D eigenvalue weighted by molar-refractivity contribution is 5.82. The van der Waals surface area contributed by atoms with E-state index in [1.54, 1.807) is 0 Å². The standard InChI is InChI=1S/C5H9NO3/c1-8-4(6)3-5(7)9-2/h3H,6H2,1-2H3/b4-3-. The number of hydrogen-bond acceptors (Lipinski definition) is 4. The molecule has 0 saturated carbocycles. The Bertz CT molecular complexity index is 130. The van der Waals surface area contributed by atoms with E-state index in [1.165, 1.54) is 14.2 Å². The molecule has 0 aromatic heterocycles. The van der Waals surface area contributed by atoms with Crippen molar-refractivity contribution in [1.29, 1.82) is 0 Å². The minimum atomic E-state index is -0.519. The zero-order chi connectivity index (χ0) is 7.28. The number of esters is 1. The number of hydrogen-bond donors (Lipinski definition) is 1. The Morgan fingerprint density at radius 2 is 2.00 bits per heavy atom. The lowest BCUT2D eigenvalue weighted by atomic mass is 10.6. The van der Waals surface area contributed by atoms with Crippen LogP contribution in [0.15, 0.2) is 12.0 Å². The normalized spacial score (nSPS) is 10.7. The molecule has 0 bridgehead atoms. The summed E-state index contributed by atoms with van der Waals surface area (Å²) in [5, 5.41) is 0. The minimum absolute atomic E-state index is 0.0434. The van der Waals surface area contributed by atoms with Crippen LogP contribution in [-0.4, -0.2) is 20.2 Å². The topological polar surface area (TPSA) is 61.5 Å². The molecule has 0 fully saturated rings. The summed E-state index contributed by atoms with van der Waals surface area (Å²) in [6.45, 7) is 0. The van der Waals surface area contributed by atoms with E-state index in [2.05, 4.69) is 9.47 Å². The highest BCUT2D eigenvalue weighted by Gasteiger charge is 1.94. The summed E-state index contributed by atoms with van der Waals surface area (Å²) in [6, 6.07) is 0. The molecule has 9 heavy (non-hydrogen) atoms. The number of ether oxygens (including phenoxy) is 2. The molecule has 52 valence electrons. The van der Waals surface area contributed by atoms with Crippen LogP contribution < -0.4 is 5.73 Å². The fourth-order valence-corrected chi connectivity index (χ4v) is 0.234. The van der Waals surface area contributed by atoms with E-state index in [9.17, 15) is 4.79 Å². The summed E-state index contributed by atoms with van der Waals surface area (Å²) < 4.78 is 8.71. The largest absolute Gasteiger partial charge is 0.482 e. The van der Waals surface area contributed by atoms with E-state index in [0.717, 1.165) is 6.08 Å². The molecule has 4 nitrogen and oxygen atoms in total. The molecule has 0 amide bonds. The summed E-state index contributed by atoms with van der Waals surface area (Å²) in [5.74, 6) is -0.476. The lowest BCUT2D eigenvalue weighted by molar-refractivity contribution is -0.135. The predicted octanol–water partition coefficient (Wildman–Crippen LogP) is -0.394. The average Bonchev–Trinajstić information content (AvgIpc) is 1.87. The van der Waals surface area contributed by atoms with Gasteiger partial charge in [0.2, 0.25) is 0 Å². The summed E-state index contributed by atoms with van der Waals surface area (Å²) >= 11 is 0. The Kier molecular flexibility index (Phi) is 3.27. The molecule has 0 aliphatic heterocycles. The van der Waals surface area contributed by atoms with Crippen molar-refractivity contribution in [2.75, 3.05) is 14.2 Å². The van der Waals surface area contributed by atoms with Crippen LogP contribution in [0.4, 0.5) is 0 Å². The Morgan fingerprint density at radius 3 is 2.33 bits per heavy atom. The van der Waals surface area contributed by atoms with E-state index in [4.69, 9.17) is 5.73 Å². The molecule has 0 aromatic carbocycles. The molecule has 0 aliphatic rings. The van der Waals surface area contributed by atoms with Crippen molar-refractivity contribution < 1.29 is 14.3 Å². The Hall–Kier alpha value is -1.19. The third kappa shape index (κ3) is 3.40. The first-order valence-electron chi connectivity index (χ1n) is 2.29. The van der Waals surface area contributed by atoms with Crippen LogP contribution >= 0.6 is 0 Å². The second-order valence-electron chi connectivity index (χ2n) is 1.27. The molecule has 0 saturated heterocycles. The molecule has 0 unspecified atom stereocenters. The molecule has 0 aromatic rings. The highest BCUT2D eigenvalue weighted by Crippen LogP contribution is 1.84. The summed E-state index contributed by atoms with van der Waals surface area (Å²) in [5.41, 5.74) is 5.09. The number of rotatable bonds is 2. The minimum Gasteiger partial charge on any atom is -0.482 e. The molecule has 0 atom stereocenters. The van der Waals surface area contributed by atoms with Crippen molar-refractivity contribution in [3.05, 3.63) is 12.0 Å². The van der Waals surface area contributed by atoms with Crippen molar-refractivity contribution in [3.8, 4) is 0 Å². The molecular formula is C5H9NO3. The van der Waals surface area contributed by atoms with Crippen LogP contribution in [0.1, 0.15) is 0 Å². The van der Waals surface area contributed by atoms with Gasteiger partial charge >= 0.3 is 5.97 Å². The molecular weight excluding hydrogens is 122 g/mol. The third-order valence-corrected chi connectivity index (χ3v) is 0.697. The van der Waals surface area contributed by atoms with Crippen molar-refractivity contribution >= 4 is 5.97 Å². The van der Waals surface area contributed by atoms with Crippen molar-refractivity contribution in [2.24, 2.45) is 5.73 Å². The Labute approximate surface area is 53.2 Å². The van der Waals surface area contributed by atoms with Gasteiger partial charge in [0.15, 0.2) is 5.88 Å². The number of methoxy groups -OCH3 is 2. The average molecular weight is 131 g/mol. The number of nitrogens with two attached hydrogens (primary N) is 1. The second-order valence-corrected chi connectivity index (χ2v) is 1.27. The van der Waals surface area contributed by atoms with Crippen LogP contribution in [0.5, 0.6) is 0 Å². The monoisotopic (exact) mass is 131 g/mol. The molecule has 0 radical (unpaired) electrons. The van der Waals surface area contributed by atoms with Gasteiger partial charge in [0, 0.05) is 0 Å². The van der Waals surface area contributed by atoms with E-state index in [-0.39, 0.29) is 5.88 Å². The molecule has 0 heterocycles. The maximum atomic E-state index is 10.3. The van der Waals surface area contributed by atoms with Gasteiger partial charge in [-0.25, -0.2) is 4.79 Å². The summed E-state index contributed by atoms with van der Waals surface area (Å²) in [6.07, 6.45) is 1.06. The van der Waals surface area contributed by atoms with Gasteiger partial charge in [-0.1, -0.05) is 0 Å². The first-order valence-corrected chi connectivity index (χ1v) is 2.29. The van der Waals surface area contributed by atoms with Crippen LogP contribution in [0.2, 0.25) is 0 Å². The van der Waals surface area contributed by atoms with Crippen molar-refractivity contribution in [3.63, 3.8) is 0 Å². The summed E-state index contributed by atoms with van der Waals surface area (Å²) in [4.78, 5) is 10.3. The van der Waals surface area contributed by atoms with Crippen LogP contribution in [0.25, 0.3) is 0 Å². The van der Waals surface area contributed by atoms with Gasteiger partial charge in [-0.2, -0.15) is 0 Å². The van der Waals surface area contributed by atoms with Crippen LogP contribution in [0.3, 0.4) is 0 Å². The molecule has 0 aliphatic carbocycles. The van der Waals surface area contributed by atoms with Gasteiger partial charge in [0.05, 0.1) is 20.3 Å². The van der Waals surface area contributed by atoms with Crippen molar-refractivity contribution in [2.45, 2.75) is 0 Å². The predicted molar refractivity (Wildman–Crippen MR) is 31.3 cm³/mol. The van der Waals surface area contributed by atoms with Crippen LogP contribution in [0, 0.1) is 0 Å². The SMILES string of the molecule is COC(=O)/C=C(/N)OC. The first-order chi connectivity index (χ1) is 4.20. The second kappa shape index (κ2) is 3.77. The Morgan fingerprint density at radius 1 is 1.44 bits per heavy atom. The zero-order valence-electron chi connectivity index (χ0n) is 5.38. The smallest absolute Gasteiger partial charge is 0.335 e. The number of carbonyl (C=O) groups excluding carboxylic acids is 1. The molecule has 4 heteroatoms. The van der Waals surface area contributed by atoms with E-state index in [1.807, 2.05) is 0 Å². The molecule has 0 rings (SSSR count). The van der Waals surface area contributed by atoms with Crippen molar-refractivity contribution in [1.82, 2.24) is 0 Å². The Balaban J connectivity index is 3.79. The summed E-state index contributed by atoms with van der Waals surface area (Å²) in [7, 11) is 2.64. The van der Waals surface area contributed by atoms with Gasteiger partial charge in [-0.3, -0.25) is 0 Å². The van der Waals surface area contributed by atoms with Gasteiger partial charge < -0.3 is 15.2 Å². The first kappa shape index (κ1) is 7.81. The van der Waals surface area contributed by atoms with Gasteiger partial charge in [0.1, 0.15) is 0 Å². The number of carbonyl (C=O) groups is 1.